The standard InChI is InChI=1S/C11H13ClN2O/c1-8(12)7-14(2)11-9-4-6-15-10(9)3-5-13-11/h3-6,8H,7H2,1-2H3. The van der Waals surface area contributed by atoms with Crippen LogP contribution in [0.5, 0.6) is 0 Å². The average Bonchev–Trinajstić information content (AvgIpc) is 2.63. The van der Waals surface area contributed by atoms with Gasteiger partial charge in [0.2, 0.25) is 0 Å². The predicted octanol–water partition coefficient (Wildman–Crippen LogP) is 2.89. The molecule has 1 atom stereocenters. The van der Waals surface area contributed by atoms with E-state index in [0.717, 1.165) is 23.3 Å². The first-order valence-corrected chi connectivity index (χ1v) is 5.29. The molecule has 15 heavy (non-hydrogen) atoms. The number of furan rings is 1. The van der Waals surface area contributed by atoms with E-state index in [0.29, 0.717) is 0 Å². The fourth-order valence-corrected chi connectivity index (χ4v) is 1.85. The van der Waals surface area contributed by atoms with Crippen LogP contribution >= 0.6 is 11.6 Å². The van der Waals surface area contributed by atoms with Crippen molar-refractivity contribution in [2.24, 2.45) is 0 Å². The third kappa shape index (κ3) is 2.07. The summed E-state index contributed by atoms with van der Waals surface area (Å²) in [5, 5.41) is 1.12. The Bertz CT molecular complexity index is 453. The van der Waals surface area contributed by atoms with Crippen molar-refractivity contribution < 1.29 is 4.42 Å². The number of alkyl halides is 1. The molecule has 0 saturated heterocycles. The second-order valence-electron chi connectivity index (χ2n) is 3.63. The quantitative estimate of drug-likeness (QED) is 0.751. The molecule has 0 bridgehead atoms. The Hall–Kier alpha value is -1.22. The maximum atomic E-state index is 5.95. The van der Waals surface area contributed by atoms with Crippen LogP contribution in [-0.4, -0.2) is 24.0 Å². The molecule has 0 fully saturated rings. The number of nitrogens with zero attached hydrogens (tertiary/aromatic N) is 2. The summed E-state index contributed by atoms with van der Waals surface area (Å²) in [7, 11) is 1.98. The van der Waals surface area contributed by atoms with Crippen molar-refractivity contribution >= 4 is 28.4 Å². The van der Waals surface area contributed by atoms with Crippen LogP contribution in [-0.2, 0) is 0 Å². The Morgan fingerprint density at radius 3 is 3.07 bits per heavy atom. The highest BCUT2D eigenvalue weighted by atomic mass is 35.5. The van der Waals surface area contributed by atoms with E-state index in [4.69, 9.17) is 16.0 Å². The number of aromatic nitrogens is 1. The zero-order valence-electron chi connectivity index (χ0n) is 8.77. The molecule has 4 heteroatoms. The predicted molar refractivity (Wildman–Crippen MR) is 62.6 cm³/mol. The van der Waals surface area contributed by atoms with E-state index in [1.165, 1.54) is 0 Å². The molecule has 0 aliphatic heterocycles. The Morgan fingerprint density at radius 1 is 1.53 bits per heavy atom. The molecule has 0 N–H and O–H groups in total. The SMILES string of the molecule is CC(Cl)CN(C)c1nccc2occc12. The summed E-state index contributed by atoms with van der Waals surface area (Å²) < 4.78 is 5.31. The van der Waals surface area contributed by atoms with E-state index < -0.39 is 0 Å². The van der Waals surface area contributed by atoms with Crippen LogP contribution in [0.4, 0.5) is 5.82 Å². The molecule has 0 aromatic carbocycles. The lowest BCUT2D eigenvalue weighted by molar-refractivity contribution is 0.615. The van der Waals surface area contributed by atoms with E-state index in [1.807, 2.05) is 31.0 Å². The van der Waals surface area contributed by atoms with Crippen LogP contribution in [0.2, 0.25) is 0 Å². The molecule has 2 aromatic heterocycles. The minimum Gasteiger partial charge on any atom is -0.464 e. The van der Waals surface area contributed by atoms with E-state index in [9.17, 15) is 0 Å². The molecular formula is C11H13ClN2O. The van der Waals surface area contributed by atoms with Gasteiger partial charge in [-0.3, -0.25) is 0 Å². The number of anilines is 1. The maximum absolute atomic E-state index is 5.95. The topological polar surface area (TPSA) is 29.3 Å². The van der Waals surface area contributed by atoms with Gasteiger partial charge in [0.25, 0.3) is 0 Å². The van der Waals surface area contributed by atoms with Gasteiger partial charge in [0, 0.05) is 25.2 Å². The Balaban J connectivity index is 2.38. The van der Waals surface area contributed by atoms with Gasteiger partial charge in [-0.2, -0.15) is 0 Å². The summed E-state index contributed by atoms with van der Waals surface area (Å²) in [6, 6.07) is 3.78. The first-order valence-electron chi connectivity index (χ1n) is 4.86. The van der Waals surface area contributed by atoms with Crippen molar-refractivity contribution in [1.29, 1.82) is 0 Å². The first-order chi connectivity index (χ1) is 7.18. The van der Waals surface area contributed by atoms with Gasteiger partial charge in [-0.1, -0.05) is 0 Å². The summed E-state index contributed by atoms with van der Waals surface area (Å²) in [4.78, 5) is 6.38. The number of hydrogen-bond acceptors (Lipinski definition) is 3. The highest BCUT2D eigenvalue weighted by Crippen LogP contribution is 2.24. The smallest absolute Gasteiger partial charge is 0.139 e. The molecule has 3 nitrogen and oxygen atoms in total. The molecule has 0 aliphatic rings. The molecule has 0 aliphatic carbocycles. The first kappa shape index (κ1) is 10.3. The van der Waals surface area contributed by atoms with Crippen LogP contribution in [0.25, 0.3) is 11.0 Å². The second kappa shape index (κ2) is 4.11. The van der Waals surface area contributed by atoms with Crippen molar-refractivity contribution in [3.8, 4) is 0 Å². The lowest BCUT2D eigenvalue weighted by atomic mass is 10.3. The molecule has 2 aromatic rings. The van der Waals surface area contributed by atoms with Gasteiger partial charge >= 0.3 is 0 Å². The monoisotopic (exact) mass is 224 g/mol. The minimum atomic E-state index is 0.0963. The molecule has 0 amide bonds. The number of pyridine rings is 1. The Morgan fingerprint density at radius 2 is 2.33 bits per heavy atom. The fraction of sp³-hybridized carbons (Fsp3) is 0.364. The summed E-state index contributed by atoms with van der Waals surface area (Å²) in [5.74, 6) is 0.911. The molecule has 0 saturated carbocycles. The van der Waals surface area contributed by atoms with E-state index in [2.05, 4.69) is 4.98 Å². The van der Waals surface area contributed by atoms with E-state index >= 15 is 0 Å². The highest BCUT2D eigenvalue weighted by molar-refractivity contribution is 6.20. The van der Waals surface area contributed by atoms with Crippen LogP contribution in [0.15, 0.2) is 29.0 Å². The summed E-state index contributed by atoms with van der Waals surface area (Å²) >= 11 is 5.95. The second-order valence-corrected chi connectivity index (χ2v) is 4.37. The van der Waals surface area contributed by atoms with Gasteiger partial charge in [0.15, 0.2) is 0 Å². The molecule has 80 valence electrons. The third-order valence-corrected chi connectivity index (χ3v) is 2.38. The summed E-state index contributed by atoms with van der Waals surface area (Å²) in [5.41, 5.74) is 0.856. The zero-order valence-corrected chi connectivity index (χ0v) is 9.53. The van der Waals surface area contributed by atoms with Crippen molar-refractivity contribution in [2.45, 2.75) is 12.3 Å². The van der Waals surface area contributed by atoms with Crippen molar-refractivity contribution in [3.05, 3.63) is 24.6 Å². The van der Waals surface area contributed by atoms with E-state index in [1.54, 1.807) is 12.5 Å². The number of halogens is 1. The van der Waals surface area contributed by atoms with Gasteiger partial charge in [0.1, 0.15) is 11.4 Å². The Labute approximate surface area is 93.6 Å². The zero-order chi connectivity index (χ0) is 10.8. The van der Waals surface area contributed by atoms with Crippen molar-refractivity contribution in [2.75, 3.05) is 18.5 Å². The largest absolute Gasteiger partial charge is 0.464 e. The minimum absolute atomic E-state index is 0.0963. The molecular weight excluding hydrogens is 212 g/mol. The molecule has 2 heterocycles. The van der Waals surface area contributed by atoms with Crippen molar-refractivity contribution in [3.63, 3.8) is 0 Å². The van der Waals surface area contributed by atoms with Crippen LogP contribution in [0, 0.1) is 0 Å². The number of rotatable bonds is 3. The fourth-order valence-electron chi connectivity index (χ4n) is 1.65. The lowest BCUT2D eigenvalue weighted by Crippen LogP contribution is -2.25. The Kier molecular flexibility index (Phi) is 2.82. The molecule has 0 spiro atoms. The number of hydrogen-bond donors (Lipinski definition) is 0. The van der Waals surface area contributed by atoms with Gasteiger partial charge in [-0.25, -0.2) is 4.98 Å². The van der Waals surface area contributed by atoms with Crippen LogP contribution in [0.1, 0.15) is 6.92 Å². The van der Waals surface area contributed by atoms with Crippen molar-refractivity contribution in [1.82, 2.24) is 4.98 Å². The molecule has 0 radical (unpaired) electrons. The van der Waals surface area contributed by atoms with Crippen LogP contribution < -0.4 is 4.90 Å². The van der Waals surface area contributed by atoms with Gasteiger partial charge < -0.3 is 9.32 Å². The van der Waals surface area contributed by atoms with Gasteiger partial charge in [-0.05, 0) is 19.1 Å². The molecule has 2 rings (SSSR count). The summed E-state index contributed by atoms with van der Waals surface area (Å²) in [6.45, 7) is 2.73. The lowest BCUT2D eigenvalue weighted by Gasteiger charge is -2.19. The average molecular weight is 225 g/mol. The maximum Gasteiger partial charge on any atom is 0.139 e. The van der Waals surface area contributed by atoms with Crippen LogP contribution in [0.3, 0.4) is 0 Å². The van der Waals surface area contributed by atoms with E-state index in [-0.39, 0.29) is 5.38 Å². The van der Waals surface area contributed by atoms with Gasteiger partial charge in [-0.15, -0.1) is 11.6 Å². The van der Waals surface area contributed by atoms with Gasteiger partial charge in [0.05, 0.1) is 11.6 Å². The molecule has 1 unspecified atom stereocenters. The number of fused-ring (bicyclic) bond motifs is 1. The highest BCUT2D eigenvalue weighted by Gasteiger charge is 2.10. The summed E-state index contributed by atoms with van der Waals surface area (Å²) in [6.07, 6.45) is 3.42. The third-order valence-electron chi connectivity index (χ3n) is 2.25. The normalized spacial score (nSPS) is 13.0.